The van der Waals surface area contributed by atoms with Gasteiger partial charge in [-0.25, -0.2) is 22.5 Å². The van der Waals surface area contributed by atoms with Gasteiger partial charge in [0.15, 0.2) is 11.6 Å². The first kappa shape index (κ1) is 24.2. The zero-order valence-electron chi connectivity index (χ0n) is 18.2. The van der Waals surface area contributed by atoms with Crippen LogP contribution in [0.25, 0.3) is 5.69 Å². The molecule has 2 heterocycles. The molecule has 12 heteroatoms. The Balaban J connectivity index is 1.73. The van der Waals surface area contributed by atoms with Crippen LogP contribution in [-0.2, 0) is 23.1 Å². The lowest BCUT2D eigenvalue weighted by molar-refractivity contribution is 0.0774. The molecule has 0 saturated carbocycles. The van der Waals surface area contributed by atoms with Crippen molar-refractivity contribution < 1.29 is 26.6 Å². The third-order valence-corrected chi connectivity index (χ3v) is 6.26. The highest BCUT2D eigenvalue weighted by Crippen LogP contribution is 2.24. The van der Waals surface area contributed by atoms with Gasteiger partial charge in [-0.3, -0.25) is 23.5 Å². The quantitative estimate of drug-likeness (QED) is 0.283. The van der Waals surface area contributed by atoms with Gasteiger partial charge in [0.05, 0.1) is 41.2 Å². The first-order valence-electron chi connectivity index (χ1n) is 10.1. The van der Waals surface area contributed by atoms with E-state index < -0.39 is 51.3 Å². The Bertz CT molecular complexity index is 1400. The molecule has 2 aromatic heterocycles. The average Bonchev–Trinajstić information content (AvgIpc) is 3.30. The van der Waals surface area contributed by atoms with Gasteiger partial charge in [-0.2, -0.15) is 0 Å². The number of carbonyl (C=O) groups is 1. The van der Waals surface area contributed by atoms with Crippen molar-refractivity contribution in [3.8, 4) is 5.69 Å². The lowest BCUT2D eigenvalue weighted by Crippen LogP contribution is -2.28. The molecule has 4 rings (SSSR count). The van der Waals surface area contributed by atoms with Gasteiger partial charge in [0.25, 0.3) is 5.91 Å². The smallest absolute Gasteiger partial charge is 0.272 e. The highest BCUT2D eigenvalue weighted by Gasteiger charge is 2.26. The zero-order chi connectivity index (χ0) is 25.1. The van der Waals surface area contributed by atoms with E-state index in [1.807, 2.05) is 0 Å². The van der Waals surface area contributed by atoms with Crippen LogP contribution in [0.2, 0.25) is 0 Å². The van der Waals surface area contributed by atoms with E-state index >= 15 is 0 Å². The van der Waals surface area contributed by atoms with Crippen molar-refractivity contribution in [1.82, 2.24) is 24.4 Å². The number of benzene rings is 2. The Hall–Kier alpha value is -3.93. The predicted molar refractivity (Wildman–Crippen MR) is 118 cm³/mol. The molecule has 0 saturated heterocycles. The fraction of sp³-hybridized carbons (Fsp3) is 0.130. The minimum absolute atomic E-state index is 0.0356. The molecule has 0 fully saturated rings. The van der Waals surface area contributed by atoms with Crippen LogP contribution in [0.15, 0.2) is 66.3 Å². The SMILES string of the molecule is CN(Cc1cnccn1)C(=O)c1cnc(S(=O)Cc2c(F)ccc(F)c2F)n1-c1ccc(F)cc1. The van der Waals surface area contributed by atoms with Gasteiger partial charge in [-0.15, -0.1) is 0 Å². The molecule has 0 spiro atoms. The fourth-order valence-electron chi connectivity index (χ4n) is 3.31. The number of amides is 1. The van der Waals surface area contributed by atoms with E-state index in [4.69, 9.17) is 0 Å². The van der Waals surface area contributed by atoms with Gasteiger partial charge >= 0.3 is 0 Å². The van der Waals surface area contributed by atoms with Crippen molar-refractivity contribution in [3.05, 3.63) is 101 Å². The standard InChI is InChI=1S/C23H17F4N5O2S/c1-31(12-15-10-28-8-9-29-15)22(33)20-11-30-23(32(20)16-4-2-14(24)3-5-16)35(34)13-17-18(25)6-7-19(26)21(17)27/h2-11H,12-13H2,1H3. The number of aromatic nitrogens is 4. The van der Waals surface area contributed by atoms with Crippen molar-refractivity contribution in [2.45, 2.75) is 17.5 Å². The number of hydrogen-bond acceptors (Lipinski definition) is 5. The highest BCUT2D eigenvalue weighted by atomic mass is 32.2. The fourth-order valence-corrected chi connectivity index (χ4v) is 4.54. The first-order chi connectivity index (χ1) is 16.8. The maximum absolute atomic E-state index is 14.2. The van der Waals surface area contributed by atoms with Crippen molar-refractivity contribution in [2.75, 3.05) is 7.05 Å². The van der Waals surface area contributed by atoms with Crippen LogP contribution >= 0.6 is 0 Å². The monoisotopic (exact) mass is 503 g/mol. The summed E-state index contributed by atoms with van der Waals surface area (Å²) in [6, 6.07) is 6.28. The van der Waals surface area contributed by atoms with Crippen LogP contribution in [0.5, 0.6) is 0 Å². The maximum Gasteiger partial charge on any atom is 0.272 e. The number of halogens is 4. The molecule has 1 amide bonds. The lowest BCUT2D eigenvalue weighted by atomic mass is 10.2. The van der Waals surface area contributed by atoms with E-state index in [1.54, 1.807) is 0 Å². The molecule has 0 N–H and O–H groups in total. The van der Waals surface area contributed by atoms with Crippen LogP contribution in [0, 0.1) is 23.3 Å². The third-order valence-electron chi connectivity index (χ3n) is 5.01. The largest absolute Gasteiger partial charge is 0.334 e. The molecule has 0 radical (unpaired) electrons. The summed E-state index contributed by atoms with van der Waals surface area (Å²) >= 11 is 0. The van der Waals surface area contributed by atoms with E-state index in [1.165, 1.54) is 47.2 Å². The van der Waals surface area contributed by atoms with Crippen molar-refractivity contribution in [3.63, 3.8) is 0 Å². The van der Waals surface area contributed by atoms with Gasteiger partial charge in [-0.1, -0.05) is 0 Å². The molecule has 35 heavy (non-hydrogen) atoms. The van der Waals surface area contributed by atoms with Crippen LogP contribution in [0.1, 0.15) is 21.7 Å². The van der Waals surface area contributed by atoms with Gasteiger partial charge in [0, 0.05) is 30.7 Å². The molecule has 0 aliphatic rings. The van der Waals surface area contributed by atoms with Gasteiger partial charge < -0.3 is 4.90 Å². The van der Waals surface area contributed by atoms with Gasteiger partial charge in [-0.05, 0) is 36.4 Å². The molecule has 7 nitrogen and oxygen atoms in total. The molecule has 4 aromatic rings. The molecule has 1 unspecified atom stereocenters. The van der Waals surface area contributed by atoms with Crippen LogP contribution in [-0.4, -0.2) is 41.6 Å². The summed E-state index contributed by atoms with van der Waals surface area (Å²) in [6.07, 6.45) is 5.61. The van der Waals surface area contributed by atoms with Crippen molar-refractivity contribution >= 4 is 16.7 Å². The molecule has 0 aliphatic carbocycles. The molecule has 180 valence electrons. The molecule has 0 aliphatic heterocycles. The summed E-state index contributed by atoms with van der Waals surface area (Å²) in [5, 5.41) is -0.226. The summed E-state index contributed by atoms with van der Waals surface area (Å²) in [7, 11) is -0.702. The van der Waals surface area contributed by atoms with Crippen LogP contribution in [0.4, 0.5) is 17.6 Å². The normalized spacial score (nSPS) is 11.9. The average molecular weight is 503 g/mol. The maximum atomic E-state index is 14.2. The second-order valence-corrected chi connectivity index (χ2v) is 8.75. The van der Waals surface area contributed by atoms with Crippen LogP contribution < -0.4 is 0 Å². The Morgan fingerprint density at radius 3 is 2.37 bits per heavy atom. The Kier molecular flexibility index (Phi) is 7.01. The van der Waals surface area contributed by atoms with Crippen LogP contribution in [0.3, 0.4) is 0 Å². The van der Waals surface area contributed by atoms with Gasteiger partial charge in [0.1, 0.15) is 17.3 Å². The molecule has 0 bridgehead atoms. The number of rotatable bonds is 7. The number of hydrogen-bond donors (Lipinski definition) is 0. The molecular formula is C23H17F4N5O2S. The van der Waals surface area contributed by atoms with E-state index in [9.17, 15) is 26.6 Å². The summed E-state index contributed by atoms with van der Waals surface area (Å²) < 4.78 is 69.8. The Morgan fingerprint density at radius 1 is 0.971 bits per heavy atom. The summed E-state index contributed by atoms with van der Waals surface area (Å²) in [5.41, 5.74) is -0.00286. The molecular weight excluding hydrogens is 486 g/mol. The Labute approximate surface area is 199 Å². The predicted octanol–water partition coefficient (Wildman–Crippen LogP) is 3.80. The van der Waals surface area contributed by atoms with Crippen molar-refractivity contribution in [2.24, 2.45) is 0 Å². The van der Waals surface area contributed by atoms with E-state index in [-0.39, 0.29) is 23.1 Å². The highest BCUT2D eigenvalue weighted by molar-refractivity contribution is 7.84. The summed E-state index contributed by atoms with van der Waals surface area (Å²) in [4.78, 5) is 26.7. The third kappa shape index (κ3) is 5.11. The van der Waals surface area contributed by atoms with E-state index in [2.05, 4.69) is 15.0 Å². The second kappa shape index (κ2) is 10.1. The second-order valence-electron chi connectivity index (χ2n) is 7.41. The summed E-state index contributed by atoms with van der Waals surface area (Å²) in [5.74, 6) is -5.65. The minimum atomic E-state index is -2.21. The molecule has 1 atom stereocenters. The lowest BCUT2D eigenvalue weighted by Gasteiger charge is -2.18. The summed E-state index contributed by atoms with van der Waals surface area (Å²) in [6.45, 7) is 0.0966. The molecule has 2 aromatic carbocycles. The number of imidazole rings is 1. The topological polar surface area (TPSA) is 81.0 Å². The van der Waals surface area contributed by atoms with Gasteiger partial charge in [0.2, 0.25) is 5.16 Å². The first-order valence-corrected chi connectivity index (χ1v) is 11.4. The minimum Gasteiger partial charge on any atom is -0.334 e. The number of nitrogens with zero attached hydrogens (tertiary/aromatic N) is 5. The van der Waals surface area contributed by atoms with E-state index in [0.717, 1.165) is 24.4 Å². The zero-order valence-corrected chi connectivity index (χ0v) is 19.0. The van der Waals surface area contributed by atoms with Crippen molar-refractivity contribution in [1.29, 1.82) is 0 Å². The number of carbonyl (C=O) groups excluding carboxylic acids is 1. The van der Waals surface area contributed by atoms with E-state index in [0.29, 0.717) is 11.8 Å². The Morgan fingerprint density at radius 2 is 1.69 bits per heavy atom.